The normalized spacial score (nSPS) is 12.2. The van der Waals surface area contributed by atoms with Crippen LogP contribution < -0.4 is 11.1 Å². The molecule has 2 heterocycles. The molecule has 100 valence electrons. The van der Waals surface area contributed by atoms with Crippen molar-refractivity contribution in [2.75, 3.05) is 11.9 Å². The summed E-state index contributed by atoms with van der Waals surface area (Å²) in [6, 6.07) is 14.6. The average molecular weight is 264 g/mol. The summed E-state index contributed by atoms with van der Waals surface area (Å²) in [7, 11) is 0. The standard InChI is InChI=1S/C16H16N4/c17-9-4-10-20-14-8-3-7-13-15(14)16(19-20)11-5-1-2-6-12(11)18-13/h1-3,5-8,18H,4,9-10,17H2. The lowest BCUT2D eigenvalue weighted by Gasteiger charge is -2.17. The molecule has 3 N–H and O–H groups in total. The Labute approximate surface area is 117 Å². The number of para-hydroxylation sites is 1. The molecule has 4 nitrogen and oxygen atoms in total. The van der Waals surface area contributed by atoms with E-state index in [1.54, 1.807) is 0 Å². The number of rotatable bonds is 3. The molecule has 1 aliphatic rings. The number of hydrogen-bond acceptors (Lipinski definition) is 3. The molecule has 4 heteroatoms. The molecular weight excluding hydrogens is 248 g/mol. The summed E-state index contributed by atoms with van der Waals surface area (Å²) in [6.45, 7) is 1.55. The molecule has 0 radical (unpaired) electrons. The van der Waals surface area contributed by atoms with Gasteiger partial charge < -0.3 is 11.1 Å². The molecule has 3 aromatic rings. The molecule has 1 aliphatic heterocycles. The summed E-state index contributed by atoms with van der Waals surface area (Å²) in [5.74, 6) is 0. The van der Waals surface area contributed by atoms with Crippen molar-refractivity contribution >= 4 is 22.3 Å². The van der Waals surface area contributed by atoms with Crippen LogP contribution in [0.5, 0.6) is 0 Å². The Morgan fingerprint density at radius 2 is 1.90 bits per heavy atom. The summed E-state index contributed by atoms with van der Waals surface area (Å²) >= 11 is 0. The first kappa shape index (κ1) is 11.5. The number of benzene rings is 2. The zero-order valence-electron chi connectivity index (χ0n) is 11.1. The Hall–Kier alpha value is -2.33. The van der Waals surface area contributed by atoms with Crippen molar-refractivity contribution < 1.29 is 0 Å². The number of anilines is 2. The number of fused-ring (bicyclic) bond motifs is 2. The number of aryl methyl sites for hydroxylation is 1. The highest BCUT2D eigenvalue weighted by Gasteiger charge is 2.21. The van der Waals surface area contributed by atoms with Crippen LogP contribution in [0.4, 0.5) is 11.4 Å². The number of nitrogens with zero attached hydrogens (tertiary/aromatic N) is 2. The van der Waals surface area contributed by atoms with Crippen LogP contribution in [0.3, 0.4) is 0 Å². The van der Waals surface area contributed by atoms with Gasteiger partial charge in [-0.1, -0.05) is 24.3 Å². The van der Waals surface area contributed by atoms with E-state index in [0.29, 0.717) is 6.54 Å². The van der Waals surface area contributed by atoms with E-state index < -0.39 is 0 Å². The van der Waals surface area contributed by atoms with Gasteiger partial charge in [-0.05, 0) is 31.2 Å². The molecule has 4 rings (SSSR count). The Bertz CT molecular complexity index is 788. The highest BCUT2D eigenvalue weighted by atomic mass is 15.3. The van der Waals surface area contributed by atoms with Crippen LogP contribution in [0.2, 0.25) is 0 Å². The molecule has 0 saturated carbocycles. The number of nitrogens with one attached hydrogen (secondary N) is 1. The van der Waals surface area contributed by atoms with Crippen molar-refractivity contribution in [3.05, 3.63) is 42.5 Å². The molecule has 0 bridgehead atoms. The van der Waals surface area contributed by atoms with E-state index >= 15 is 0 Å². The fraction of sp³-hybridized carbons (Fsp3) is 0.188. The minimum atomic E-state index is 0.686. The van der Waals surface area contributed by atoms with Gasteiger partial charge in [0.1, 0.15) is 5.69 Å². The molecule has 1 aromatic heterocycles. The SMILES string of the molecule is NCCCn1nc2c3c(cccc31)Nc1ccccc1-2. The highest BCUT2D eigenvalue weighted by Crippen LogP contribution is 2.42. The van der Waals surface area contributed by atoms with Crippen molar-refractivity contribution in [1.82, 2.24) is 9.78 Å². The van der Waals surface area contributed by atoms with Crippen molar-refractivity contribution in [3.63, 3.8) is 0 Å². The van der Waals surface area contributed by atoms with E-state index in [2.05, 4.69) is 46.4 Å². The highest BCUT2D eigenvalue weighted by molar-refractivity contribution is 6.09. The largest absolute Gasteiger partial charge is 0.354 e. The smallest absolute Gasteiger partial charge is 0.104 e. The van der Waals surface area contributed by atoms with Crippen LogP contribution in [-0.4, -0.2) is 16.3 Å². The molecule has 0 fully saturated rings. The minimum Gasteiger partial charge on any atom is -0.354 e. The quantitative estimate of drug-likeness (QED) is 0.598. The van der Waals surface area contributed by atoms with Crippen LogP contribution in [-0.2, 0) is 6.54 Å². The molecular formula is C16H16N4. The first-order chi connectivity index (χ1) is 9.88. The number of nitrogens with two attached hydrogens (primary N) is 1. The van der Waals surface area contributed by atoms with Gasteiger partial charge in [0.25, 0.3) is 0 Å². The van der Waals surface area contributed by atoms with Crippen molar-refractivity contribution in [2.24, 2.45) is 5.73 Å². The van der Waals surface area contributed by atoms with Crippen molar-refractivity contribution in [2.45, 2.75) is 13.0 Å². The van der Waals surface area contributed by atoms with E-state index in [1.165, 1.54) is 16.5 Å². The second-order valence-electron chi connectivity index (χ2n) is 5.08. The predicted molar refractivity (Wildman–Crippen MR) is 82.1 cm³/mol. The second kappa shape index (κ2) is 4.35. The van der Waals surface area contributed by atoms with Gasteiger partial charge in [0.15, 0.2) is 0 Å². The van der Waals surface area contributed by atoms with Crippen molar-refractivity contribution in [3.8, 4) is 11.3 Å². The molecule has 0 saturated heterocycles. The summed E-state index contributed by atoms with van der Waals surface area (Å²) in [6.07, 6.45) is 0.940. The first-order valence-electron chi connectivity index (χ1n) is 6.94. The molecule has 2 aromatic carbocycles. The van der Waals surface area contributed by atoms with Gasteiger partial charge in [0.2, 0.25) is 0 Å². The summed E-state index contributed by atoms with van der Waals surface area (Å²) in [4.78, 5) is 0. The van der Waals surface area contributed by atoms with Crippen LogP contribution in [0.25, 0.3) is 22.2 Å². The third-order valence-corrected chi connectivity index (χ3v) is 3.80. The van der Waals surface area contributed by atoms with E-state index in [0.717, 1.165) is 30.0 Å². The lowest BCUT2D eigenvalue weighted by atomic mass is 10.0. The summed E-state index contributed by atoms with van der Waals surface area (Å²) in [5, 5.41) is 9.53. The van der Waals surface area contributed by atoms with E-state index in [-0.39, 0.29) is 0 Å². The van der Waals surface area contributed by atoms with Crippen LogP contribution in [0, 0.1) is 0 Å². The molecule has 0 atom stereocenters. The Balaban J connectivity index is 1.99. The zero-order valence-corrected chi connectivity index (χ0v) is 11.1. The molecule has 0 unspecified atom stereocenters. The first-order valence-corrected chi connectivity index (χ1v) is 6.94. The Kier molecular flexibility index (Phi) is 2.50. The van der Waals surface area contributed by atoms with Crippen molar-refractivity contribution in [1.29, 1.82) is 0 Å². The van der Waals surface area contributed by atoms with Gasteiger partial charge in [-0.2, -0.15) is 5.10 Å². The average Bonchev–Trinajstić information content (AvgIpc) is 2.86. The fourth-order valence-electron chi connectivity index (χ4n) is 2.88. The fourth-order valence-corrected chi connectivity index (χ4v) is 2.88. The Morgan fingerprint density at radius 1 is 1.05 bits per heavy atom. The maximum absolute atomic E-state index is 5.63. The third-order valence-electron chi connectivity index (χ3n) is 3.80. The maximum Gasteiger partial charge on any atom is 0.104 e. The van der Waals surface area contributed by atoms with Gasteiger partial charge in [-0.25, -0.2) is 0 Å². The number of hydrogen-bond donors (Lipinski definition) is 2. The van der Waals surface area contributed by atoms with E-state index in [1.807, 2.05) is 6.07 Å². The van der Waals surface area contributed by atoms with E-state index in [4.69, 9.17) is 10.8 Å². The molecule has 0 amide bonds. The lowest BCUT2D eigenvalue weighted by molar-refractivity contribution is 0.604. The summed E-state index contributed by atoms with van der Waals surface area (Å²) in [5.41, 5.74) is 11.3. The molecule has 0 aliphatic carbocycles. The van der Waals surface area contributed by atoms with Gasteiger partial charge in [-0.15, -0.1) is 0 Å². The Morgan fingerprint density at radius 3 is 2.80 bits per heavy atom. The van der Waals surface area contributed by atoms with Crippen LogP contribution >= 0.6 is 0 Å². The monoisotopic (exact) mass is 264 g/mol. The lowest BCUT2D eigenvalue weighted by Crippen LogP contribution is -2.06. The molecule has 20 heavy (non-hydrogen) atoms. The van der Waals surface area contributed by atoms with Gasteiger partial charge in [0.05, 0.1) is 16.6 Å². The van der Waals surface area contributed by atoms with Crippen LogP contribution in [0.1, 0.15) is 6.42 Å². The van der Waals surface area contributed by atoms with Gasteiger partial charge >= 0.3 is 0 Å². The maximum atomic E-state index is 5.63. The predicted octanol–water partition coefficient (Wildman–Crippen LogP) is 3.11. The topological polar surface area (TPSA) is 55.9 Å². The summed E-state index contributed by atoms with van der Waals surface area (Å²) < 4.78 is 2.07. The minimum absolute atomic E-state index is 0.686. The van der Waals surface area contributed by atoms with Gasteiger partial charge in [0, 0.05) is 17.8 Å². The van der Waals surface area contributed by atoms with Gasteiger partial charge in [-0.3, -0.25) is 4.68 Å². The zero-order chi connectivity index (χ0) is 13.5. The van der Waals surface area contributed by atoms with Crippen LogP contribution in [0.15, 0.2) is 42.5 Å². The third kappa shape index (κ3) is 1.55. The molecule has 0 spiro atoms. The second-order valence-corrected chi connectivity index (χ2v) is 5.08. The van der Waals surface area contributed by atoms with E-state index in [9.17, 15) is 0 Å². The number of aromatic nitrogens is 2.